The van der Waals surface area contributed by atoms with Crippen molar-refractivity contribution in [2.75, 3.05) is 19.7 Å². The van der Waals surface area contributed by atoms with Crippen molar-refractivity contribution in [3.05, 3.63) is 65.2 Å². The second-order valence-electron chi connectivity index (χ2n) is 6.01. The lowest BCUT2D eigenvalue weighted by molar-refractivity contribution is -0.130. The van der Waals surface area contributed by atoms with Gasteiger partial charge in [0.1, 0.15) is 5.75 Å². The Hall–Kier alpha value is -2.04. The maximum Gasteiger partial charge on any atom is 0.226 e. The molecule has 0 aliphatic carbocycles. The quantitative estimate of drug-likeness (QED) is 0.907. The Balaban J connectivity index is 1.52. The van der Waals surface area contributed by atoms with Gasteiger partial charge in [-0.25, -0.2) is 0 Å². The molecule has 1 aliphatic heterocycles. The summed E-state index contributed by atoms with van der Waals surface area (Å²) < 4.78 is 5.59. The number of rotatable bonds is 5. The van der Waals surface area contributed by atoms with Gasteiger partial charge in [-0.2, -0.15) is 0 Å². The van der Waals surface area contributed by atoms with Crippen molar-refractivity contribution < 1.29 is 9.53 Å². The topological polar surface area (TPSA) is 55.6 Å². The van der Waals surface area contributed by atoms with Crippen molar-refractivity contribution in [2.45, 2.75) is 18.4 Å². The van der Waals surface area contributed by atoms with Crippen LogP contribution in [0.1, 0.15) is 17.9 Å². The lowest BCUT2D eigenvalue weighted by atomic mass is 9.95. The Morgan fingerprint density at radius 1 is 1.12 bits per heavy atom. The highest BCUT2D eigenvalue weighted by Gasteiger charge is 2.33. The van der Waals surface area contributed by atoms with Crippen LogP contribution in [0.4, 0.5) is 0 Å². The van der Waals surface area contributed by atoms with Crippen LogP contribution in [-0.2, 0) is 4.79 Å². The molecule has 3 rings (SSSR count). The summed E-state index contributed by atoms with van der Waals surface area (Å²) in [6.07, 6.45) is 0.319. The summed E-state index contributed by atoms with van der Waals surface area (Å²) in [7, 11) is 0. The van der Waals surface area contributed by atoms with E-state index in [9.17, 15) is 4.79 Å². The summed E-state index contributed by atoms with van der Waals surface area (Å²) in [5.41, 5.74) is 7.42. The van der Waals surface area contributed by atoms with Gasteiger partial charge < -0.3 is 15.4 Å². The smallest absolute Gasteiger partial charge is 0.226 e. The van der Waals surface area contributed by atoms with Gasteiger partial charge in [-0.15, -0.1) is 0 Å². The number of para-hydroxylation sites is 1. The number of nitrogens with two attached hydrogens (primary N) is 1. The summed E-state index contributed by atoms with van der Waals surface area (Å²) in [6.45, 7) is 1.56. The fourth-order valence-corrected chi connectivity index (χ4v) is 3.24. The molecule has 2 aromatic rings. The Morgan fingerprint density at radius 3 is 2.58 bits per heavy atom. The predicted octanol–water partition coefficient (Wildman–Crippen LogP) is 3.06. The average molecular weight is 345 g/mol. The molecule has 0 saturated carbocycles. The summed E-state index contributed by atoms with van der Waals surface area (Å²) in [4.78, 5) is 14.2. The minimum absolute atomic E-state index is 0.0270. The Bertz CT molecular complexity index is 693. The number of likely N-dealkylation sites (tertiary alicyclic amines) is 1. The highest BCUT2D eigenvalue weighted by atomic mass is 35.5. The normalized spacial score (nSPS) is 20.2. The van der Waals surface area contributed by atoms with Crippen molar-refractivity contribution in [1.82, 2.24) is 4.90 Å². The van der Waals surface area contributed by atoms with E-state index in [0.717, 1.165) is 0 Å². The molecule has 1 heterocycles. The summed E-state index contributed by atoms with van der Waals surface area (Å²) >= 11 is 6.04. The van der Waals surface area contributed by atoms with Gasteiger partial charge in [0.25, 0.3) is 0 Å². The molecule has 1 fully saturated rings. The van der Waals surface area contributed by atoms with Gasteiger partial charge in [0.2, 0.25) is 5.91 Å². The number of benzene rings is 2. The lowest BCUT2D eigenvalue weighted by Gasteiger charge is -2.17. The van der Waals surface area contributed by atoms with E-state index in [-0.39, 0.29) is 17.9 Å². The number of ether oxygens (including phenoxy) is 1. The fourth-order valence-electron chi connectivity index (χ4n) is 3.05. The molecule has 2 atom stereocenters. The zero-order chi connectivity index (χ0) is 16.9. The van der Waals surface area contributed by atoms with Crippen LogP contribution in [-0.4, -0.2) is 36.5 Å². The zero-order valence-electron chi connectivity index (χ0n) is 13.4. The zero-order valence-corrected chi connectivity index (χ0v) is 14.2. The Morgan fingerprint density at radius 2 is 1.83 bits per heavy atom. The van der Waals surface area contributed by atoms with Crippen molar-refractivity contribution in [1.29, 1.82) is 0 Å². The molecule has 0 aromatic heterocycles. The third kappa shape index (κ3) is 3.89. The number of nitrogens with zero attached hydrogens (tertiary/aromatic N) is 1. The average Bonchev–Trinajstić information content (AvgIpc) is 2.99. The van der Waals surface area contributed by atoms with Crippen LogP contribution in [0.25, 0.3) is 0 Å². The molecule has 2 N–H and O–H groups in total. The van der Waals surface area contributed by atoms with E-state index in [1.54, 1.807) is 12.1 Å². The second-order valence-corrected chi connectivity index (χ2v) is 6.42. The second kappa shape index (κ2) is 7.69. The predicted molar refractivity (Wildman–Crippen MR) is 95.3 cm³/mol. The third-order valence-electron chi connectivity index (χ3n) is 4.36. The van der Waals surface area contributed by atoms with Gasteiger partial charge in [0, 0.05) is 25.0 Å². The largest absolute Gasteiger partial charge is 0.491 e. The molecule has 2 aromatic carbocycles. The highest BCUT2D eigenvalue weighted by molar-refractivity contribution is 6.32. The molecule has 0 unspecified atom stereocenters. The summed E-state index contributed by atoms with van der Waals surface area (Å²) in [5.74, 6) is 0.864. The molecule has 1 saturated heterocycles. The molecule has 4 nitrogen and oxygen atoms in total. The first-order valence-corrected chi connectivity index (χ1v) is 8.48. The molecule has 5 heteroatoms. The maximum absolute atomic E-state index is 12.4. The molecular weight excluding hydrogens is 324 g/mol. The van der Waals surface area contributed by atoms with Gasteiger partial charge in [-0.05, 0) is 17.7 Å². The number of carbonyl (C=O) groups excluding carboxylic acids is 1. The molecule has 0 bridgehead atoms. The van der Waals surface area contributed by atoms with E-state index in [1.807, 2.05) is 35.2 Å². The summed E-state index contributed by atoms with van der Waals surface area (Å²) in [5, 5.41) is 0.553. The van der Waals surface area contributed by atoms with Crippen molar-refractivity contribution >= 4 is 17.5 Å². The fraction of sp³-hybridized carbons (Fsp3) is 0.316. The number of hydrogen-bond acceptors (Lipinski definition) is 3. The Kier molecular flexibility index (Phi) is 5.38. The van der Waals surface area contributed by atoms with Crippen molar-refractivity contribution in [3.8, 4) is 5.75 Å². The lowest BCUT2D eigenvalue weighted by Crippen LogP contribution is -2.32. The molecule has 1 amide bonds. The van der Waals surface area contributed by atoms with Crippen LogP contribution in [0.2, 0.25) is 5.02 Å². The molecule has 0 radical (unpaired) electrons. The van der Waals surface area contributed by atoms with Gasteiger partial charge >= 0.3 is 0 Å². The first kappa shape index (κ1) is 16.8. The highest BCUT2D eigenvalue weighted by Crippen LogP contribution is 2.27. The third-order valence-corrected chi connectivity index (χ3v) is 4.67. The molecule has 24 heavy (non-hydrogen) atoms. The van der Waals surface area contributed by atoms with Crippen LogP contribution in [0.15, 0.2) is 54.6 Å². The molecular formula is C19H21ClN2O2. The number of carbonyl (C=O) groups is 1. The van der Waals surface area contributed by atoms with E-state index in [0.29, 0.717) is 36.9 Å². The standard InChI is InChI=1S/C19H21ClN2O2/c20-16-8-4-5-9-18(16)24-11-10-19(23)22-12-15(17(21)13-22)14-6-2-1-3-7-14/h1-9,15,17H,10-13,21H2/t15-,17+/m0/s1. The minimum Gasteiger partial charge on any atom is -0.491 e. The van der Waals surface area contributed by atoms with Gasteiger partial charge in [0.15, 0.2) is 0 Å². The first-order chi connectivity index (χ1) is 11.6. The molecule has 126 valence electrons. The van der Waals surface area contributed by atoms with E-state index >= 15 is 0 Å². The summed E-state index contributed by atoms with van der Waals surface area (Å²) in [6, 6.07) is 17.4. The molecule has 1 aliphatic rings. The van der Waals surface area contributed by atoms with E-state index < -0.39 is 0 Å². The van der Waals surface area contributed by atoms with Crippen molar-refractivity contribution in [2.24, 2.45) is 5.73 Å². The van der Waals surface area contributed by atoms with Crippen LogP contribution in [0, 0.1) is 0 Å². The van der Waals surface area contributed by atoms with Crippen LogP contribution in [0.5, 0.6) is 5.75 Å². The van der Waals surface area contributed by atoms with Gasteiger partial charge in [-0.1, -0.05) is 54.1 Å². The van der Waals surface area contributed by atoms with Gasteiger partial charge in [-0.3, -0.25) is 4.79 Å². The van der Waals surface area contributed by atoms with Crippen LogP contribution < -0.4 is 10.5 Å². The van der Waals surface area contributed by atoms with E-state index in [1.165, 1.54) is 5.56 Å². The number of hydrogen-bond donors (Lipinski definition) is 1. The van der Waals surface area contributed by atoms with E-state index in [2.05, 4.69) is 12.1 Å². The molecule has 0 spiro atoms. The number of amides is 1. The van der Waals surface area contributed by atoms with Crippen LogP contribution in [0.3, 0.4) is 0 Å². The van der Waals surface area contributed by atoms with Crippen LogP contribution >= 0.6 is 11.6 Å². The minimum atomic E-state index is -0.0270. The SMILES string of the molecule is N[C@@H]1CN(C(=O)CCOc2ccccc2Cl)C[C@H]1c1ccccc1. The monoisotopic (exact) mass is 344 g/mol. The maximum atomic E-state index is 12.4. The first-order valence-electron chi connectivity index (χ1n) is 8.11. The van der Waals surface area contributed by atoms with E-state index in [4.69, 9.17) is 22.1 Å². The van der Waals surface area contributed by atoms with Crippen molar-refractivity contribution in [3.63, 3.8) is 0 Å². The van der Waals surface area contributed by atoms with Gasteiger partial charge in [0.05, 0.1) is 18.1 Å². The Labute approximate surface area is 147 Å². The number of halogens is 1.